The second-order valence-electron chi connectivity index (χ2n) is 9.32. The second-order valence-corrected chi connectivity index (χ2v) is 9.32. The number of nitrogens with one attached hydrogen (secondary N) is 2. The summed E-state index contributed by atoms with van der Waals surface area (Å²) in [6.45, 7) is 7.77. The summed E-state index contributed by atoms with van der Waals surface area (Å²) in [6, 6.07) is 9.70. The van der Waals surface area contributed by atoms with E-state index in [-0.39, 0.29) is 60.4 Å². The highest BCUT2D eigenvalue weighted by Gasteiger charge is 2.39. The smallest absolute Gasteiger partial charge is 0.225 e. The van der Waals surface area contributed by atoms with Gasteiger partial charge in [-0.25, -0.2) is 0 Å². The highest BCUT2D eigenvalue weighted by atomic mass is 16.2. The van der Waals surface area contributed by atoms with Gasteiger partial charge in [0.15, 0.2) is 0 Å². The monoisotopic (exact) mass is 428 g/mol. The van der Waals surface area contributed by atoms with Crippen molar-refractivity contribution in [2.45, 2.75) is 45.7 Å². The molecule has 2 fully saturated rings. The Morgan fingerprint density at radius 2 is 1.45 bits per heavy atom. The van der Waals surface area contributed by atoms with Crippen LogP contribution in [0, 0.1) is 11.8 Å². The molecule has 0 aromatic heterocycles. The summed E-state index contributed by atoms with van der Waals surface area (Å²) < 4.78 is 0. The van der Waals surface area contributed by atoms with Crippen LogP contribution in [-0.2, 0) is 25.7 Å². The lowest BCUT2D eigenvalue weighted by Crippen LogP contribution is -2.44. The molecule has 2 atom stereocenters. The van der Waals surface area contributed by atoms with Crippen molar-refractivity contribution in [3.63, 3.8) is 0 Å². The zero-order chi connectivity index (χ0) is 22.6. The number of carbonyl (C=O) groups is 4. The number of rotatable bonds is 7. The molecule has 2 aliphatic heterocycles. The highest BCUT2D eigenvalue weighted by molar-refractivity contribution is 5.90. The molecule has 3 rings (SSSR count). The quantitative estimate of drug-likeness (QED) is 0.631. The van der Waals surface area contributed by atoms with Crippen molar-refractivity contribution in [3.05, 3.63) is 35.9 Å². The van der Waals surface area contributed by atoms with E-state index in [9.17, 15) is 19.2 Å². The van der Waals surface area contributed by atoms with Gasteiger partial charge in [-0.15, -0.1) is 0 Å². The van der Waals surface area contributed by atoms with Gasteiger partial charge in [0.05, 0.1) is 11.8 Å². The summed E-state index contributed by atoms with van der Waals surface area (Å²) >= 11 is 0. The molecule has 1 aromatic carbocycles. The van der Waals surface area contributed by atoms with Crippen LogP contribution in [0.3, 0.4) is 0 Å². The minimum atomic E-state index is -0.375. The molecule has 0 spiro atoms. The minimum Gasteiger partial charge on any atom is -0.354 e. The maximum Gasteiger partial charge on any atom is 0.225 e. The molecule has 168 valence electrons. The van der Waals surface area contributed by atoms with Crippen LogP contribution in [0.2, 0.25) is 0 Å². The van der Waals surface area contributed by atoms with Crippen LogP contribution < -0.4 is 10.6 Å². The van der Waals surface area contributed by atoms with Gasteiger partial charge in [0.2, 0.25) is 23.6 Å². The number of hydrogen-bond donors (Lipinski definition) is 2. The van der Waals surface area contributed by atoms with Gasteiger partial charge < -0.3 is 20.4 Å². The van der Waals surface area contributed by atoms with Gasteiger partial charge in [-0.1, -0.05) is 30.3 Å². The average Bonchev–Trinajstić information content (AvgIpc) is 3.29. The van der Waals surface area contributed by atoms with Crippen LogP contribution in [0.1, 0.15) is 39.2 Å². The van der Waals surface area contributed by atoms with E-state index in [1.165, 1.54) is 0 Å². The Bertz CT molecular complexity index is 834. The van der Waals surface area contributed by atoms with Gasteiger partial charge in [0.25, 0.3) is 0 Å². The maximum absolute atomic E-state index is 12.4. The van der Waals surface area contributed by atoms with E-state index in [4.69, 9.17) is 0 Å². The van der Waals surface area contributed by atoms with E-state index < -0.39 is 0 Å². The fourth-order valence-corrected chi connectivity index (χ4v) is 4.10. The van der Waals surface area contributed by atoms with E-state index in [1.807, 2.05) is 51.1 Å². The van der Waals surface area contributed by atoms with Crippen LogP contribution in [0.25, 0.3) is 0 Å². The lowest BCUT2D eigenvalue weighted by Gasteiger charge is -2.31. The van der Waals surface area contributed by atoms with E-state index in [0.717, 1.165) is 5.56 Å². The Morgan fingerprint density at radius 3 is 2.00 bits per heavy atom. The first-order chi connectivity index (χ1) is 14.6. The minimum absolute atomic E-state index is 0.00749. The number of amides is 4. The number of likely N-dealkylation sites (tertiary alicyclic amines) is 2. The van der Waals surface area contributed by atoms with Crippen molar-refractivity contribution < 1.29 is 19.2 Å². The molecule has 0 bridgehead atoms. The Balaban J connectivity index is 1.37. The largest absolute Gasteiger partial charge is 0.354 e. The van der Waals surface area contributed by atoms with E-state index in [0.29, 0.717) is 26.2 Å². The summed E-state index contributed by atoms with van der Waals surface area (Å²) in [7, 11) is 0. The lowest BCUT2D eigenvalue weighted by atomic mass is 10.1. The van der Waals surface area contributed by atoms with Crippen molar-refractivity contribution in [3.8, 4) is 0 Å². The molecule has 8 heteroatoms. The van der Waals surface area contributed by atoms with Gasteiger partial charge in [-0.05, 0) is 26.3 Å². The number of carbonyl (C=O) groups excluding carboxylic acids is 4. The zero-order valence-electron chi connectivity index (χ0n) is 18.5. The zero-order valence-corrected chi connectivity index (χ0v) is 18.5. The van der Waals surface area contributed by atoms with Crippen molar-refractivity contribution >= 4 is 23.6 Å². The third-order valence-electron chi connectivity index (χ3n) is 5.83. The molecule has 0 aliphatic carbocycles. The number of nitrogens with zero attached hydrogens (tertiary/aromatic N) is 2. The van der Waals surface area contributed by atoms with Crippen LogP contribution in [0.15, 0.2) is 30.3 Å². The first-order valence-electron chi connectivity index (χ1n) is 10.8. The van der Waals surface area contributed by atoms with E-state index in [1.54, 1.807) is 9.80 Å². The normalized spacial score (nSPS) is 21.5. The van der Waals surface area contributed by atoms with Gasteiger partial charge in [-0.2, -0.15) is 0 Å². The first-order valence-corrected chi connectivity index (χ1v) is 10.8. The van der Waals surface area contributed by atoms with Crippen LogP contribution in [-0.4, -0.2) is 65.1 Å². The molecule has 2 N–H and O–H groups in total. The third-order valence-corrected chi connectivity index (χ3v) is 5.83. The first kappa shape index (κ1) is 22.8. The standard InChI is InChI=1S/C23H32N4O4/c1-23(2,3)27-15-18(12-20(27)29)22(31)25-10-9-24-21(30)17-11-19(28)26(14-17)13-16-7-5-4-6-8-16/h4-8,17-18H,9-15H2,1-3H3,(H,24,30)(H,25,31). The topological polar surface area (TPSA) is 98.8 Å². The summed E-state index contributed by atoms with van der Waals surface area (Å²) in [5.41, 5.74) is 0.739. The summed E-state index contributed by atoms with van der Waals surface area (Å²) in [4.78, 5) is 52.6. The molecule has 4 amide bonds. The van der Waals surface area contributed by atoms with Gasteiger partial charge >= 0.3 is 0 Å². The fraction of sp³-hybridized carbons (Fsp3) is 0.565. The summed E-state index contributed by atoms with van der Waals surface area (Å²) in [5, 5.41) is 5.61. The molecule has 0 saturated carbocycles. The SMILES string of the molecule is CC(C)(C)N1CC(C(=O)NCCNC(=O)C2CC(=O)N(Cc3ccccc3)C2)CC1=O. The molecule has 8 nitrogen and oxygen atoms in total. The van der Waals surface area contributed by atoms with Crippen LogP contribution in [0.5, 0.6) is 0 Å². The predicted molar refractivity (Wildman–Crippen MR) is 116 cm³/mol. The number of benzene rings is 1. The van der Waals surface area contributed by atoms with Crippen molar-refractivity contribution in [1.29, 1.82) is 0 Å². The van der Waals surface area contributed by atoms with Crippen molar-refractivity contribution in [2.24, 2.45) is 11.8 Å². The molecule has 0 radical (unpaired) electrons. The fourth-order valence-electron chi connectivity index (χ4n) is 4.10. The molecule has 2 unspecified atom stereocenters. The Labute approximate surface area is 183 Å². The third kappa shape index (κ3) is 5.83. The van der Waals surface area contributed by atoms with Crippen LogP contribution in [0.4, 0.5) is 0 Å². The number of hydrogen-bond acceptors (Lipinski definition) is 4. The molecule has 31 heavy (non-hydrogen) atoms. The van der Waals surface area contributed by atoms with E-state index >= 15 is 0 Å². The van der Waals surface area contributed by atoms with Gasteiger partial charge in [0.1, 0.15) is 0 Å². The predicted octanol–water partition coefficient (Wildman–Crippen LogP) is 0.915. The van der Waals surface area contributed by atoms with Crippen molar-refractivity contribution in [2.75, 3.05) is 26.2 Å². The van der Waals surface area contributed by atoms with Crippen LogP contribution >= 0.6 is 0 Å². The molecule has 2 heterocycles. The summed E-state index contributed by atoms with van der Waals surface area (Å²) in [5.74, 6) is -1.10. The molecule has 1 aromatic rings. The summed E-state index contributed by atoms with van der Waals surface area (Å²) in [6.07, 6.45) is 0.425. The maximum atomic E-state index is 12.4. The Morgan fingerprint density at radius 1 is 0.903 bits per heavy atom. The van der Waals surface area contributed by atoms with Gasteiger partial charge in [0, 0.05) is 51.1 Å². The van der Waals surface area contributed by atoms with Crippen molar-refractivity contribution in [1.82, 2.24) is 20.4 Å². The average molecular weight is 429 g/mol. The lowest BCUT2D eigenvalue weighted by molar-refractivity contribution is -0.132. The molecular formula is C23H32N4O4. The molecule has 2 aliphatic rings. The molecule has 2 saturated heterocycles. The Kier molecular flexibility index (Phi) is 6.97. The highest BCUT2D eigenvalue weighted by Crippen LogP contribution is 2.25. The molecular weight excluding hydrogens is 396 g/mol. The van der Waals surface area contributed by atoms with E-state index in [2.05, 4.69) is 10.6 Å². The Hall–Kier alpha value is -2.90. The van der Waals surface area contributed by atoms with Gasteiger partial charge in [-0.3, -0.25) is 19.2 Å². The second kappa shape index (κ2) is 9.49.